The van der Waals surface area contributed by atoms with Gasteiger partial charge in [0.25, 0.3) is 0 Å². The summed E-state index contributed by atoms with van der Waals surface area (Å²) in [5.41, 5.74) is 4.82. The average Bonchev–Trinajstić information content (AvgIpc) is 2.73. The third-order valence-corrected chi connectivity index (χ3v) is 5.05. The van der Waals surface area contributed by atoms with Crippen LogP contribution in [0.2, 0.25) is 0 Å². The summed E-state index contributed by atoms with van der Waals surface area (Å²) in [4.78, 5) is 16.8. The van der Waals surface area contributed by atoms with E-state index >= 15 is 0 Å². The summed E-state index contributed by atoms with van der Waals surface area (Å²) in [6.45, 7) is 5.27. The second-order valence-corrected chi connectivity index (χ2v) is 7.23. The number of esters is 1. The highest BCUT2D eigenvalue weighted by molar-refractivity contribution is 5.79. The van der Waals surface area contributed by atoms with Crippen LogP contribution in [0.4, 0.5) is 0 Å². The second kappa shape index (κ2) is 10.6. The highest BCUT2D eigenvalue weighted by atomic mass is 16.6. The van der Waals surface area contributed by atoms with Gasteiger partial charge in [0.05, 0.1) is 12.8 Å². The Hall–Kier alpha value is -2.82. The summed E-state index contributed by atoms with van der Waals surface area (Å²) in [7, 11) is 0. The van der Waals surface area contributed by atoms with Crippen molar-refractivity contribution in [1.29, 1.82) is 0 Å². The van der Waals surface area contributed by atoms with E-state index in [1.165, 1.54) is 11.1 Å². The molecule has 2 aromatic rings. The van der Waals surface area contributed by atoms with Crippen LogP contribution in [0.25, 0.3) is 0 Å². The molecule has 1 atom stereocenters. The highest BCUT2D eigenvalue weighted by Crippen LogP contribution is 2.29. The molecule has 0 amide bonds. The van der Waals surface area contributed by atoms with Gasteiger partial charge >= 0.3 is 5.97 Å². The first-order chi connectivity index (χ1) is 14.2. The van der Waals surface area contributed by atoms with Crippen molar-refractivity contribution < 1.29 is 19.1 Å². The lowest BCUT2D eigenvalue weighted by Crippen LogP contribution is -2.19. The Morgan fingerprint density at radius 2 is 1.93 bits per heavy atom. The zero-order chi connectivity index (χ0) is 20.5. The summed E-state index contributed by atoms with van der Waals surface area (Å²) >= 11 is 0. The number of nitrogens with zero attached hydrogens (tertiary/aromatic N) is 1. The van der Waals surface area contributed by atoms with Gasteiger partial charge in [-0.1, -0.05) is 23.4 Å². The van der Waals surface area contributed by atoms with Gasteiger partial charge in [0, 0.05) is 6.42 Å². The highest BCUT2D eigenvalue weighted by Gasteiger charge is 2.22. The van der Waals surface area contributed by atoms with Crippen molar-refractivity contribution in [3.8, 4) is 5.75 Å². The Kier molecular flexibility index (Phi) is 7.68. The zero-order valence-electron chi connectivity index (χ0n) is 17.2. The summed E-state index contributed by atoms with van der Waals surface area (Å²) in [5, 5.41) is 3.86. The Labute approximate surface area is 172 Å². The first-order valence-corrected chi connectivity index (χ1v) is 10.3. The van der Waals surface area contributed by atoms with Crippen molar-refractivity contribution in [2.45, 2.75) is 46.1 Å². The van der Waals surface area contributed by atoms with Gasteiger partial charge in [-0.25, -0.2) is 0 Å². The lowest BCUT2D eigenvalue weighted by atomic mass is 9.81. The van der Waals surface area contributed by atoms with E-state index in [1.807, 2.05) is 38.1 Å². The van der Waals surface area contributed by atoms with E-state index in [0.717, 1.165) is 36.1 Å². The molecule has 0 fully saturated rings. The van der Waals surface area contributed by atoms with Gasteiger partial charge in [0.1, 0.15) is 19.0 Å². The molecular weight excluding hydrogens is 366 g/mol. The minimum Gasteiger partial charge on any atom is -0.489 e. The van der Waals surface area contributed by atoms with Crippen LogP contribution in [0, 0.1) is 5.92 Å². The first-order valence-electron chi connectivity index (χ1n) is 10.3. The molecule has 1 aliphatic rings. The number of hydrogen-bond acceptors (Lipinski definition) is 5. The molecule has 0 heterocycles. The Morgan fingerprint density at radius 1 is 1.10 bits per heavy atom. The van der Waals surface area contributed by atoms with Gasteiger partial charge < -0.3 is 14.3 Å². The molecule has 5 heteroatoms. The maximum absolute atomic E-state index is 11.8. The number of hydrogen-bond donors (Lipinski definition) is 0. The second-order valence-electron chi connectivity index (χ2n) is 7.23. The van der Waals surface area contributed by atoms with E-state index in [2.05, 4.69) is 23.4 Å². The third kappa shape index (κ3) is 6.34. The molecule has 2 aromatic carbocycles. The Morgan fingerprint density at radius 3 is 2.69 bits per heavy atom. The van der Waals surface area contributed by atoms with E-state index in [4.69, 9.17) is 14.3 Å². The van der Waals surface area contributed by atoms with Crippen molar-refractivity contribution >= 4 is 12.2 Å². The van der Waals surface area contributed by atoms with E-state index in [9.17, 15) is 4.79 Å². The molecule has 29 heavy (non-hydrogen) atoms. The van der Waals surface area contributed by atoms with Crippen LogP contribution in [0.15, 0.2) is 47.6 Å². The van der Waals surface area contributed by atoms with Crippen LogP contribution in [0.3, 0.4) is 0 Å². The average molecular weight is 395 g/mol. The maximum Gasteiger partial charge on any atom is 0.306 e. The van der Waals surface area contributed by atoms with Crippen molar-refractivity contribution in [2.75, 3.05) is 13.2 Å². The smallest absolute Gasteiger partial charge is 0.306 e. The molecule has 1 aliphatic carbocycles. The lowest BCUT2D eigenvalue weighted by Gasteiger charge is -2.24. The van der Waals surface area contributed by atoms with E-state index < -0.39 is 0 Å². The number of aryl methyl sites for hydroxylation is 1. The van der Waals surface area contributed by atoms with Crippen molar-refractivity contribution in [3.63, 3.8) is 0 Å². The molecule has 0 aliphatic heterocycles. The topological polar surface area (TPSA) is 57.1 Å². The molecule has 0 N–H and O–H groups in total. The van der Waals surface area contributed by atoms with Gasteiger partial charge in [0.2, 0.25) is 0 Å². The zero-order valence-corrected chi connectivity index (χ0v) is 17.2. The molecular formula is C24H29NO4. The van der Waals surface area contributed by atoms with Crippen LogP contribution in [-0.4, -0.2) is 25.4 Å². The minimum absolute atomic E-state index is 0.0878. The quantitative estimate of drug-likeness (QED) is 0.351. The molecule has 0 aromatic heterocycles. The first kappa shape index (κ1) is 20.9. The number of ether oxygens (including phenoxy) is 2. The van der Waals surface area contributed by atoms with Crippen molar-refractivity contribution in [1.82, 2.24) is 0 Å². The van der Waals surface area contributed by atoms with Gasteiger partial charge in [0.15, 0.2) is 0 Å². The summed E-state index contributed by atoms with van der Waals surface area (Å²) in [5.74, 6) is 1.09. The fourth-order valence-corrected chi connectivity index (χ4v) is 3.59. The number of fused-ring (bicyclic) bond motifs is 1. The molecule has 3 rings (SSSR count). The number of benzene rings is 2. The number of carbonyl (C=O) groups is 1. The summed E-state index contributed by atoms with van der Waals surface area (Å²) in [6.07, 6.45) is 5.18. The van der Waals surface area contributed by atoms with E-state index in [0.29, 0.717) is 32.2 Å². The maximum atomic E-state index is 11.8. The predicted molar refractivity (Wildman–Crippen MR) is 113 cm³/mol. The van der Waals surface area contributed by atoms with E-state index in [-0.39, 0.29) is 5.97 Å². The Bertz CT molecular complexity index is 829. The molecule has 0 saturated carbocycles. The Balaban J connectivity index is 1.55. The summed E-state index contributed by atoms with van der Waals surface area (Å²) in [6, 6.07) is 14.3. The standard InChI is InChI=1S/C24H29NO4/c1-3-27-24(26)15-19-5-9-21-10-6-20(14-22(21)13-19)17-28-23-11-7-18(8-12-23)16-25-29-4-2/h6-8,10-12,14,16,19H,3-5,9,13,15,17H2,1-2H3. The molecule has 0 radical (unpaired) electrons. The van der Waals surface area contributed by atoms with Crippen LogP contribution < -0.4 is 4.74 Å². The van der Waals surface area contributed by atoms with Gasteiger partial charge in [-0.3, -0.25) is 4.79 Å². The fourth-order valence-electron chi connectivity index (χ4n) is 3.59. The van der Waals surface area contributed by atoms with Crippen LogP contribution in [0.5, 0.6) is 5.75 Å². The molecule has 0 bridgehead atoms. The normalized spacial score (nSPS) is 15.7. The fraction of sp³-hybridized carbons (Fsp3) is 0.417. The monoisotopic (exact) mass is 395 g/mol. The van der Waals surface area contributed by atoms with Crippen LogP contribution >= 0.6 is 0 Å². The number of rotatable bonds is 9. The number of carbonyl (C=O) groups excluding carboxylic acids is 1. The molecule has 0 spiro atoms. The largest absolute Gasteiger partial charge is 0.489 e. The molecule has 1 unspecified atom stereocenters. The van der Waals surface area contributed by atoms with Crippen LogP contribution in [-0.2, 0) is 33.8 Å². The van der Waals surface area contributed by atoms with Gasteiger partial charge in [-0.2, -0.15) is 0 Å². The SMILES string of the molecule is CCON=Cc1ccc(OCc2ccc3c(c2)CC(CC(=O)OCC)CC3)cc1. The van der Waals surface area contributed by atoms with Gasteiger partial charge in [-0.05, 0) is 85.5 Å². The molecule has 0 saturated heterocycles. The van der Waals surface area contributed by atoms with Crippen LogP contribution in [0.1, 0.15) is 48.9 Å². The minimum atomic E-state index is -0.0878. The molecule has 154 valence electrons. The lowest BCUT2D eigenvalue weighted by molar-refractivity contribution is -0.144. The molecule has 5 nitrogen and oxygen atoms in total. The predicted octanol–water partition coefficient (Wildman–Crippen LogP) is 4.69. The third-order valence-electron chi connectivity index (χ3n) is 5.05. The number of oxime groups is 1. The van der Waals surface area contributed by atoms with Crippen molar-refractivity contribution in [3.05, 3.63) is 64.7 Å². The summed E-state index contributed by atoms with van der Waals surface area (Å²) < 4.78 is 11.0. The van der Waals surface area contributed by atoms with E-state index in [1.54, 1.807) is 6.21 Å². The van der Waals surface area contributed by atoms with Crippen molar-refractivity contribution in [2.24, 2.45) is 11.1 Å². The van der Waals surface area contributed by atoms with Gasteiger partial charge in [-0.15, -0.1) is 0 Å².